The summed E-state index contributed by atoms with van der Waals surface area (Å²) in [5.41, 5.74) is 2.33. The van der Waals surface area contributed by atoms with E-state index in [4.69, 9.17) is 34.8 Å². The second-order valence-electron chi connectivity index (χ2n) is 4.09. The van der Waals surface area contributed by atoms with Crippen molar-refractivity contribution in [1.29, 1.82) is 0 Å². The second-order valence-corrected chi connectivity index (χ2v) is 5.26. The van der Waals surface area contributed by atoms with Gasteiger partial charge < -0.3 is 5.32 Å². The first-order chi connectivity index (χ1) is 8.90. The molecule has 1 aromatic heterocycles. The molecule has 0 atom stereocenters. The van der Waals surface area contributed by atoms with Crippen LogP contribution in [0.4, 0.5) is 10.1 Å². The Morgan fingerprint density at radius 2 is 1.84 bits per heavy atom. The van der Waals surface area contributed by atoms with Crippen molar-refractivity contribution in [2.45, 2.75) is 13.5 Å². The molecule has 0 saturated carbocycles. The van der Waals surface area contributed by atoms with Crippen LogP contribution in [0.5, 0.6) is 0 Å². The van der Waals surface area contributed by atoms with Crippen molar-refractivity contribution in [1.82, 2.24) is 9.78 Å². The van der Waals surface area contributed by atoms with Crippen molar-refractivity contribution in [3.63, 3.8) is 0 Å². The molecule has 102 valence electrons. The lowest BCUT2D eigenvalue weighted by atomic mass is 10.2. The largest absolute Gasteiger partial charge is 0.381 e. The van der Waals surface area contributed by atoms with Crippen molar-refractivity contribution in [2.75, 3.05) is 5.32 Å². The summed E-state index contributed by atoms with van der Waals surface area (Å²) in [6, 6.07) is 2.95. The van der Waals surface area contributed by atoms with E-state index in [-0.39, 0.29) is 10.0 Å². The Labute approximate surface area is 125 Å². The number of hydrogen-bond donors (Lipinski definition) is 1. The van der Waals surface area contributed by atoms with Gasteiger partial charge in [0.05, 0.1) is 15.7 Å². The van der Waals surface area contributed by atoms with Crippen LogP contribution in [0, 0.1) is 12.7 Å². The molecule has 0 aliphatic rings. The van der Waals surface area contributed by atoms with E-state index in [0.717, 1.165) is 11.3 Å². The van der Waals surface area contributed by atoms with Crippen LogP contribution in [0.2, 0.25) is 15.2 Å². The lowest BCUT2D eigenvalue weighted by Crippen LogP contribution is -2.01. The SMILES string of the molecule is Cc1nn(C)c(Cl)c1CNc1cc(Cl)c(F)c(Cl)c1. The molecule has 1 N–H and O–H groups in total. The molecule has 3 nitrogen and oxygen atoms in total. The molecular formula is C12H11Cl3FN3. The van der Waals surface area contributed by atoms with Crippen LogP contribution in [0.25, 0.3) is 0 Å². The first-order valence-corrected chi connectivity index (χ1v) is 6.60. The molecule has 0 unspecified atom stereocenters. The van der Waals surface area contributed by atoms with Crippen molar-refractivity contribution in [3.8, 4) is 0 Å². The molecule has 7 heteroatoms. The van der Waals surface area contributed by atoms with E-state index < -0.39 is 5.82 Å². The van der Waals surface area contributed by atoms with Crippen molar-refractivity contribution < 1.29 is 4.39 Å². The van der Waals surface area contributed by atoms with Crippen LogP contribution < -0.4 is 5.32 Å². The van der Waals surface area contributed by atoms with E-state index >= 15 is 0 Å². The molecule has 1 aromatic carbocycles. The number of nitrogens with zero attached hydrogens (tertiary/aromatic N) is 2. The molecule has 0 amide bonds. The highest BCUT2D eigenvalue weighted by Gasteiger charge is 2.12. The van der Waals surface area contributed by atoms with Crippen molar-refractivity contribution >= 4 is 40.5 Å². The molecule has 0 bridgehead atoms. The summed E-state index contributed by atoms with van der Waals surface area (Å²) in [4.78, 5) is 0. The average Bonchev–Trinajstić information content (AvgIpc) is 2.58. The molecule has 0 aliphatic heterocycles. The predicted octanol–water partition coefficient (Wildman–Crippen LogP) is 4.44. The van der Waals surface area contributed by atoms with Gasteiger partial charge in [0.15, 0.2) is 5.82 Å². The monoisotopic (exact) mass is 321 g/mol. The Bertz CT molecular complexity index is 602. The number of hydrogen-bond acceptors (Lipinski definition) is 2. The van der Waals surface area contributed by atoms with E-state index in [1.165, 1.54) is 12.1 Å². The third kappa shape index (κ3) is 2.96. The third-order valence-electron chi connectivity index (χ3n) is 2.72. The van der Waals surface area contributed by atoms with Gasteiger partial charge in [-0.2, -0.15) is 5.10 Å². The van der Waals surface area contributed by atoms with Crippen LogP contribution >= 0.6 is 34.8 Å². The first kappa shape index (κ1) is 14.4. The molecule has 2 rings (SSSR count). The molecule has 0 radical (unpaired) electrons. The maximum Gasteiger partial charge on any atom is 0.160 e. The van der Waals surface area contributed by atoms with E-state index in [9.17, 15) is 4.39 Å². The fourth-order valence-corrected chi connectivity index (χ4v) is 2.45. The number of aromatic nitrogens is 2. The van der Waals surface area contributed by atoms with Gasteiger partial charge in [-0.1, -0.05) is 34.8 Å². The van der Waals surface area contributed by atoms with E-state index in [2.05, 4.69) is 10.4 Å². The van der Waals surface area contributed by atoms with E-state index in [1.54, 1.807) is 11.7 Å². The predicted molar refractivity (Wildman–Crippen MR) is 76.7 cm³/mol. The first-order valence-electron chi connectivity index (χ1n) is 5.46. The van der Waals surface area contributed by atoms with Crippen molar-refractivity contribution in [3.05, 3.63) is 44.4 Å². The van der Waals surface area contributed by atoms with Gasteiger partial charge >= 0.3 is 0 Å². The summed E-state index contributed by atoms with van der Waals surface area (Å²) in [5.74, 6) is -0.621. The van der Waals surface area contributed by atoms with Crippen LogP contribution in [0.15, 0.2) is 12.1 Å². The summed E-state index contributed by atoms with van der Waals surface area (Å²) >= 11 is 17.6. The highest BCUT2D eigenvalue weighted by atomic mass is 35.5. The van der Waals surface area contributed by atoms with Crippen LogP contribution in [-0.2, 0) is 13.6 Å². The molecule has 0 fully saturated rings. The fraction of sp³-hybridized carbons (Fsp3) is 0.250. The Morgan fingerprint density at radius 1 is 1.26 bits per heavy atom. The van der Waals surface area contributed by atoms with Gasteiger partial charge in [0.1, 0.15) is 5.15 Å². The Kier molecular flexibility index (Phi) is 4.23. The summed E-state index contributed by atoms with van der Waals surface area (Å²) in [6.07, 6.45) is 0. The van der Waals surface area contributed by atoms with Gasteiger partial charge in [0.25, 0.3) is 0 Å². The van der Waals surface area contributed by atoms with Crippen molar-refractivity contribution in [2.24, 2.45) is 7.05 Å². The molecule has 1 heterocycles. The summed E-state index contributed by atoms with van der Waals surface area (Å²) in [5, 5.41) is 7.81. The van der Waals surface area contributed by atoms with Crippen LogP contribution in [0.3, 0.4) is 0 Å². The number of halogens is 4. The Morgan fingerprint density at radius 3 is 2.32 bits per heavy atom. The topological polar surface area (TPSA) is 29.9 Å². The molecule has 0 spiro atoms. The lowest BCUT2D eigenvalue weighted by Gasteiger charge is -2.08. The van der Waals surface area contributed by atoms with Gasteiger partial charge in [0.2, 0.25) is 0 Å². The Balaban J connectivity index is 2.19. The van der Waals surface area contributed by atoms with Crippen LogP contribution in [0.1, 0.15) is 11.3 Å². The summed E-state index contributed by atoms with van der Waals surface area (Å²) in [7, 11) is 1.77. The molecule has 0 saturated heterocycles. The van der Waals surface area contributed by atoms with Gasteiger partial charge in [-0.25, -0.2) is 4.39 Å². The standard InChI is InChI=1S/C12H11Cl3FN3/c1-6-8(12(15)19(2)18-6)5-17-7-3-9(13)11(16)10(14)4-7/h3-4,17H,5H2,1-2H3. The highest BCUT2D eigenvalue weighted by molar-refractivity contribution is 6.35. The maximum atomic E-state index is 13.3. The molecular weight excluding hydrogens is 312 g/mol. The smallest absolute Gasteiger partial charge is 0.160 e. The number of aryl methyl sites for hydroxylation is 2. The average molecular weight is 323 g/mol. The van der Waals surface area contributed by atoms with Crippen LogP contribution in [-0.4, -0.2) is 9.78 Å². The summed E-state index contributed by atoms with van der Waals surface area (Å²) < 4.78 is 14.9. The van der Waals surface area contributed by atoms with E-state index in [1.807, 2.05) is 6.92 Å². The normalized spacial score (nSPS) is 10.8. The van der Waals surface area contributed by atoms with E-state index in [0.29, 0.717) is 17.4 Å². The third-order valence-corrected chi connectivity index (χ3v) is 3.75. The molecule has 2 aromatic rings. The van der Waals surface area contributed by atoms with Gasteiger partial charge in [0, 0.05) is 24.8 Å². The summed E-state index contributed by atoms with van der Waals surface area (Å²) in [6.45, 7) is 2.32. The Hall–Kier alpha value is -0.970. The minimum Gasteiger partial charge on any atom is -0.381 e. The lowest BCUT2D eigenvalue weighted by molar-refractivity contribution is 0.629. The quantitative estimate of drug-likeness (QED) is 0.847. The van der Waals surface area contributed by atoms with Gasteiger partial charge in [-0.05, 0) is 19.1 Å². The minimum absolute atomic E-state index is 0.0241. The number of nitrogens with one attached hydrogen (secondary N) is 1. The number of benzene rings is 1. The van der Waals surface area contributed by atoms with Gasteiger partial charge in [-0.3, -0.25) is 4.68 Å². The number of anilines is 1. The zero-order valence-corrected chi connectivity index (χ0v) is 12.5. The minimum atomic E-state index is -0.621. The van der Waals surface area contributed by atoms with Gasteiger partial charge in [-0.15, -0.1) is 0 Å². The zero-order valence-electron chi connectivity index (χ0n) is 10.3. The maximum absolute atomic E-state index is 13.3. The second kappa shape index (κ2) is 5.57. The zero-order chi connectivity index (χ0) is 14.2. The molecule has 19 heavy (non-hydrogen) atoms. The number of rotatable bonds is 3. The highest BCUT2D eigenvalue weighted by Crippen LogP contribution is 2.28. The molecule has 0 aliphatic carbocycles. The fourth-order valence-electron chi connectivity index (χ4n) is 1.72.